The Bertz CT molecular complexity index is 1320. The fourth-order valence-corrected chi connectivity index (χ4v) is 4.41. The van der Waals surface area contributed by atoms with Gasteiger partial charge in [-0.1, -0.05) is 24.3 Å². The lowest BCUT2D eigenvalue weighted by Gasteiger charge is -2.18. The smallest absolute Gasteiger partial charge is 0.417 e. The van der Waals surface area contributed by atoms with Crippen molar-refractivity contribution in [3.63, 3.8) is 0 Å². The van der Waals surface area contributed by atoms with Crippen molar-refractivity contribution in [3.8, 4) is 16.9 Å². The highest BCUT2D eigenvalue weighted by Crippen LogP contribution is 2.27. The van der Waals surface area contributed by atoms with Crippen LogP contribution in [-0.2, 0) is 0 Å². The molecule has 1 amide bonds. The van der Waals surface area contributed by atoms with Crippen LogP contribution in [0, 0.1) is 11.7 Å². The zero-order valence-electron chi connectivity index (χ0n) is 19.7. The molecule has 35 heavy (non-hydrogen) atoms. The molecule has 8 heteroatoms. The average Bonchev–Trinajstić information content (AvgIpc) is 3.45. The summed E-state index contributed by atoms with van der Waals surface area (Å²) in [6.07, 6.45) is 0.566. The normalized spacial score (nSPS) is 15.9. The molecule has 0 bridgehead atoms. The molecule has 1 fully saturated rings. The number of rotatable bonds is 6. The van der Waals surface area contributed by atoms with Crippen LogP contribution in [0.25, 0.3) is 22.2 Å². The third-order valence-electron chi connectivity index (χ3n) is 6.21. The SMILES string of the molecule is CN1CCC(CN(C)c2nc3cc(NC(=O)Oc4ccc(-c5ccc(F)cc5)cc4)ccc3o2)C1. The number of likely N-dealkylation sites (tertiary alicyclic amines) is 1. The Balaban J connectivity index is 1.20. The van der Waals surface area contributed by atoms with E-state index in [1.807, 2.05) is 24.1 Å². The molecule has 1 N–H and O–H groups in total. The third-order valence-corrected chi connectivity index (χ3v) is 6.21. The van der Waals surface area contributed by atoms with Crippen molar-refractivity contribution in [3.05, 3.63) is 72.5 Å². The molecule has 1 aromatic heterocycles. The van der Waals surface area contributed by atoms with E-state index in [4.69, 9.17) is 9.15 Å². The number of anilines is 2. The zero-order valence-corrected chi connectivity index (χ0v) is 19.7. The second-order valence-corrected chi connectivity index (χ2v) is 9.02. The fourth-order valence-electron chi connectivity index (χ4n) is 4.41. The van der Waals surface area contributed by atoms with Crippen LogP contribution >= 0.6 is 0 Å². The van der Waals surface area contributed by atoms with Gasteiger partial charge in [-0.05, 0) is 79.5 Å². The Labute approximate surface area is 203 Å². The lowest BCUT2D eigenvalue weighted by molar-refractivity contribution is 0.215. The van der Waals surface area contributed by atoms with E-state index < -0.39 is 6.09 Å². The molecule has 180 valence electrons. The Morgan fingerprint density at radius 1 is 1.14 bits per heavy atom. The monoisotopic (exact) mass is 474 g/mol. The van der Waals surface area contributed by atoms with Crippen molar-refractivity contribution in [2.24, 2.45) is 5.92 Å². The minimum Gasteiger partial charge on any atom is -0.423 e. The van der Waals surface area contributed by atoms with E-state index in [-0.39, 0.29) is 5.82 Å². The summed E-state index contributed by atoms with van der Waals surface area (Å²) in [5, 5.41) is 2.73. The quantitative estimate of drug-likeness (QED) is 0.390. The molecule has 3 aromatic carbocycles. The van der Waals surface area contributed by atoms with Gasteiger partial charge in [0.05, 0.1) is 0 Å². The van der Waals surface area contributed by atoms with Gasteiger partial charge in [0, 0.05) is 25.8 Å². The molecule has 0 aliphatic carbocycles. The predicted molar refractivity (Wildman–Crippen MR) is 134 cm³/mol. The topological polar surface area (TPSA) is 70.8 Å². The summed E-state index contributed by atoms with van der Waals surface area (Å²) in [6, 6.07) is 19.1. The number of carbonyl (C=O) groups is 1. The number of hydrogen-bond acceptors (Lipinski definition) is 6. The molecular weight excluding hydrogens is 447 g/mol. The van der Waals surface area contributed by atoms with E-state index in [1.54, 1.807) is 42.5 Å². The van der Waals surface area contributed by atoms with Crippen molar-refractivity contribution >= 4 is 28.9 Å². The minimum atomic E-state index is -0.606. The van der Waals surface area contributed by atoms with Crippen molar-refractivity contribution in [2.75, 3.05) is 43.9 Å². The van der Waals surface area contributed by atoms with Crippen molar-refractivity contribution in [1.82, 2.24) is 9.88 Å². The Morgan fingerprint density at radius 3 is 2.54 bits per heavy atom. The van der Waals surface area contributed by atoms with Crippen LogP contribution < -0.4 is 15.0 Å². The summed E-state index contributed by atoms with van der Waals surface area (Å²) in [4.78, 5) is 21.4. The summed E-state index contributed by atoms with van der Waals surface area (Å²) in [5.41, 5.74) is 3.66. The van der Waals surface area contributed by atoms with E-state index in [0.717, 1.165) is 30.8 Å². The lowest BCUT2D eigenvalue weighted by Crippen LogP contribution is -2.27. The van der Waals surface area contributed by atoms with Crippen LogP contribution in [0.2, 0.25) is 0 Å². The molecule has 2 heterocycles. The summed E-state index contributed by atoms with van der Waals surface area (Å²) < 4.78 is 24.4. The van der Waals surface area contributed by atoms with Crippen molar-refractivity contribution in [2.45, 2.75) is 6.42 Å². The van der Waals surface area contributed by atoms with E-state index >= 15 is 0 Å². The van der Waals surface area contributed by atoms with Gasteiger partial charge in [-0.25, -0.2) is 9.18 Å². The molecule has 1 saturated heterocycles. The first kappa shape index (κ1) is 22.9. The van der Waals surface area contributed by atoms with Gasteiger partial charge in [0.1, 0.15) is 17.1 Å². The first-order valence-electron chi connectivity index (χ1n) is 11.6. The van der Waals surface area contributed by atoms with Gasteiger partial charge in [-0.15, -0.1) is 0 Å². The fraction of sp³-hybridized carbons (Fsp3) is 0.259. The standard InChI is InChI=1S/C27H27FN4O3/c1-31-14-13-18(16-31)17-32(2)26-30-24-15-22(9-12-25(24)35-26)29-27(33)34-23-10-5-20(6-11-23)19-3-7-21(28)8-4-19/h3-12,15,18H,13-14,16-17H2,1-2H3,(H,29,33). The zero-order chi connectivity index (χ0) is 24.4. The van der Waals surface area contributed by atoms with Crippen LogP contribution in [0.4, 0.5) is 20.9 Å². The number of hydrogen-bond donors (Lipinski definition) is 1. The van der Waals surface area contributed by atoms with E-state index in [2.05, 4.69) is 22.2 Å². The molecule has 1 aliphatic rings. The number of carbonyl (C=O) groups excluding carboxylic acids is 1. The Kier molecular flexibility index (Phi) is 6.37. The van der Waals surface area contributed by atoms with Crippen LogP contribution in [0.15, 0.2) is 71.1 Å². The second kappa shape index (κ2) is 9.76. The number of nitrogens with zero attached hydrogens (tertiary/aromatic N) is 3. The van der Waals surface area contributed by atoms with Gasteiger partial charge >= 0.3 is 6.09 Å². The number of amides is 1. The highest BCUT2D eigenvalue weighted by molar-refractivity contribution is 5.89. The molecule has 1 aliphatic heterocycles. The number of ether oxygens (including phenoxy) is 1. The number of halogens is 1. The van der Waals surface area contributed by atoms with Crippen LogP contribution in [0.5, 0.6) is 5.75 Å². The number of benzene rings is 3. The Morgan fingerprint density at radius 2 is 1.86 bits per heavy atom. The molecule has 0 saturated carbocycles. The first-order chi connectivity index (χ1) is 16.9. The van der Waals surface area contributed by atoms with Gasteiger partial charge in [0.2, 0.25) is 0 Å². The van der Waals surface area contributed by atoms with Crippen molar-refractivity contribution in [1.29, 1.82) is 0 Å². The van der Waals surface area contributed by atoms with Crippen LogP contribution in [0.3, 0.4) is 0 Å². The number of fused-ring (bicyclic) bond motifs is 1. The van der Waals surface area contributed by atoms with Gasteiger partial charge < -0.3 is 19.0 Å². The summed E-state index contributed by atoms with van der Waals surface area (Å²) in [6.45, 7) is 3.08. The second-order valence-electron chi connectivity index (χ2n) is 9.02. The maximum atomic E-state index is 13.1. The number of oxazole rings is 1. The average molecular weight is 475 g/mol. The van der Waals surface area contributed by atoms with Crippen molar-refractivity contribution < 1.29 is 18.3 Å². The molecule has 5 rings (SSSR count). The predicted octanol–water partition coefficient (Wildman–Crippen LogP) is 5.63. The van der Waals surface area contributed by atoms with Crippen LogP contribution in [0.1, 0.15) is 6.42 Å². The maximum absolute atomic E-state index is 13.1. The largest absolute Gasteiger partial charge is 0.423 e. The Hall–Kier alpha value is -3.91. The minimum absolute atomic E-state index is 0.283. The van der Waals surface area contributed by atoms with E-state index in [0.29, 0.717) is 34.5 Å². The summed E-state index contributed by atoms with van der Waals surface area (Å²) in [7, 11) is 4.13. The number of nitrogens with one attached hydrogen (secondary N) is 1. The highest BCUT2D eigenvalue weighted by Gasteiger charge is 2.22. The van der Waals surface area contributed by atoms with Crippen LogP contribution in [-0.4, -0.2) is 49.7 Å². The molecular formula is C27H27FN4O3. The molecule has 0 radical (unpaired) electrons. The van der Waals surface area contributed by atoms with Gasteiger partial charge in [0.25, 0.3) is 6.01 Å². The van der Waals surface area contributed by atoms with E-state index in [9.17, 15) is 9.18 Å². The molecule has 7 nitrogen and oxygen atoms in total. The summed E-state index contributed by atoms with van der Waals surface area (Å²) >= 11 is 0. The summed E-state index contributed by atoms with van der Waals surface area (Å²) in [5.74, 6) is 0.712. The number of aromatic nitrogens is 1. The van der Waals surface area contributed by atoms with Gasteiger partial charge in [-0.2, -0.15) is 4.98 Å². The van der Waals surface area contributed by atoms with E-state index in [1.165, 1.54) is 18.6 Å². The van der Waals surface area contributed by atoms with Gasteiger partial charge in [0.15, 0.2) is 5.58 Å². The molecule has 1 atom stereocenters. The first-order valence-corrected chi connectivity index (χ1v) is 11.6. The highest BCUT2D eigenvalue weighted by atomic mass is 19.1. The maximum Gasteiger partial charge on any atom is 0.417 e. The lowest BCUT2D eigenvalue weighted by atomic mass is 10.1. The third kappa shape index (κ3) is 5.44. The molecule has 0 spiro atoms. The molecule has 4 aromatic rings. The van der Waals surface area contributed by atoms with Gasteiger partial charge in [-0.3, -0.25) is 5.32 Å². The molecule has 1 unspecified atom stereocenters.